The minimum Gasteiger partial charge on any atom is -0.490 e. The molecular formula is C16H18ClNO. The molecular weight excluding hydrogens is 258 g/mol. The number of para-hydroxylation sites is 2. The van der Waals surface area contributed by atoms with E-state index in [1.54, 1.807) is 0 Å². The van der Waals surface area contributed by atoms with Crippen molar-refractivity contribution in [3.05, 3.63) is 58.6 Å². The van der Waals surface area contributed by atoms with E-state index < -0.39 is 0 Å². The molecule has 0 unspecified atom stereocenters. The maximum Gasteiger partial charge on any atom is 0.137 e. The molecule has 1 N–H and O–H groups in total. The van der Waals surface area contributed by atoms with Crippen molar-refractivity contribution in [1.82, 2.24) is 0 Å². The lowest BCUT2D eigenvalue weighted by Gasteiger charge is -2.13. The molecule has 19 heavy (non-hydrogen) atoms. The number of aryl methyl sites for hydroxylation is 2. The highest BCUT2D eigenvalue weighted by Gasteiger charge is 2.02. The lowest BCUT2D eigenvalue weighted by atomic mass is 10.1. The van der Waals surface area contributed by atoms with Crippen molar-refractivity contribution in [2.75, 3.05) is 18.5 Å². The Balaban J connectivity index is 1.86. The minimum atomic E-state index is 0.581. The van der Waals surface area contributed by atoms with Crippen molar-refractivity contribution in [3.8, 4) is 5.75 Å². The minimum absolute atomic E-state index is 0.581. The highest BCUT2D eigenvalue weighted by molar-refractivity contribution is 6.32. The van der Waals surface area contributed by atoms with E-state index in [1.165, 1.54) is 16.8 Å². The molecule has 0 saturated heterocycles. The van der Waals surface area contributed by atoms with Gasteiger partial charge in [0.15, 0.2) is 0 Å². The molecule has 3 heteroatoms. The summed E-state index contributed by atoms with van der Waals surface area (Å²) in [6, 6.07) is 13.8. The van der Waals surface area contributed by atoms with Crippen LogP contribution in [0.4, 0.5) is 5.69 Å². The predicted octanol–water partition coefficient (Wildman–Crippen LogP) is 4.45. The average molecular weight is 276 g/mol. The third-order valence-corrected chi connectivity index (χ3v) is 3.29. The van der Waals surface area contributed by atoms with Gasteiger partial charge in [-0.05, 0) is 37.1 Å². The van der Waals surface area contributed by atoms with Crippen LogP contribution >= 0.6 is 11.6 Å². The summed E-state index contributed by atoms with van der Waals surface area (Å²) in [7, 11) is 0. The zero-order valence-electron chi connectivity index (χ0n) is 11.2. The first-order chi connectivity index (χ1) is 9.18. The van der Waals surface area contributed by atoms with Crippen molar-refractivity contribution >= 4 is 17.3 Å². The van der Waals surface area contributed by atoms with Crippen LogP contribution in [0.2, 0.25) is 5.02 Å². The Morgan fingerprint density at radius 3 is 2.37 bits per heavy atom. The molecule has 0 heterocycles. The highest BCUT2D eigenvalue weighted by atomic mass is 35.5. The van der Waals surface area contributed by atoms with Crippen LogP contribution in [0.15, 0.2) is 42.5 Å². The normalized spacial score (nSPS) is 10.3. The summed E-state index contributed by atoms with van der Waals surface area (Å²) in [6.07, 6.45) is 0. The third kappa shape index (κ3) is 3.65. The molecule has 0 aliphatic carbocycles. The molecule has 0 saturated carbocycles. The standard InChI is InChI=1S/C16H18ClNO/c1-12-6-5-7-13(2)16(12)18-10-11-19-15-9-4-3-8-14(15)17/h3-9,18H,10-11H2,1-2H3. The number of rotatable bonds is 5. The Morgan fingerprint density at radius 2 is 1.68 bits per heavy atom. The van der Waals surface area contributed by atoms with Crippen LogP contribution in [-0.2, 0) is 0 Å². The second-order valence-electron chi connectivity index (χ2n) is 4.47. The quantitative estimate of drug-likeness (QED) is 0.814. The summed E-state index contributed by atoms with van der Waals surface area (Å²) < 4.78 is 5.64. The molecule has 2 aromatic rings. The van der Waals surface area contributed by atoms with E-state index in [2.05, 4.69) is 37.4 Å². The van der Waals surface area contributed by atoms with Gasteiger partial charge in [-0.2, -0.15) is 0 Å². The largest absolute Gasteiger partial charge is 0.490 e. The lowest BCUT2D eigenvalue weighted by Crippen LogP contribution is -2.13. The molecule has 0 aliphatic rings. The Hall–Kier alpha value is -1.67. The molecule has 0 radical (unpaired) electrons. The first kappa shape index (κ1) is 13.8. The monoisotopic (exact) mass is 275 g/mol. The van der Waals surface area contributed by atoms with Crippen LogP contribution in [-0.4, -0.2) is 13.2 Å². The number of ether oxygens (including phenoxy) is 1. The summed E-state index contributed by atoms with van der Waals surface area (Å²) in [5.41, 5.74) is 3.68. The van der Waals surface area contributed by atoms with E-state index in [0.717, 1.165) is 12.3 Å². The van der Waals surface area contributed by atoms with E-state index in [-0.39, 0.29) is 0 Å². The van der Waals surface area contributed by atoms with Crippen molar-refractivity contribution < 1.29 is 4.74 Å². The Morgan fingerprint density at radius 1 is 1.00 bits per heavy atom. The van der Waals surface area contributed by atoms with Gasteiger partial charge in [-0.3, -0.25) is 0 Å². The van der Waals surface area contributed by atoms with Gasteiger partial charge in [0.25, 0.3) is 0 Å². The van der Waals surface area contributed by atoms with Crippen molar-refractivity contribution in [2.24, 2.45) is 0 Å². The van der Waals surface area contributed by atoms with E-state index in [1.807, 2.05) is 24.3 Å². The molecule has 2 rings (SSSR count). The molecule has 0 amide bonds. The van der Waals surface area contributed by atoms with Gasteiger partial charge in [0, 0.05) is 12.2 Å². The second-order valence-corrected chi connectivity index (χ2v) is 4.88. The average Bonchev–Trinajstić information content (AvgIpc) is 2.39. The van der Waals surface area contributed by atoms with Crippen molar-refractivity contribution in [1.29, 1.82) is 0 Å². The predicted molar refractivity (Wildman–Crippen MR) is 81.4 cm³/mol. The second kappa shape index (κ2) is 6.48. The first-order valence-electron chi connectivity index (χ1n) is 6.36. The van der Waals surface area contributed by atoms with Gasteiger partial charge in [0.05, 0.1) is 5.02 Å². The summed E-state index contributed by atoms with van der Waals surface area (Å²) >= 11 is 6.03. The number of nitrogens with one attached hydrogen (secondary N) is 1. The van der Waals surface area contributed by atoms with Gasteiger partial charge in [0.1, 0.15) is 12.4 Å². The van der Waals surface area contributed by atoms with Crippen LogP contribution in [0.5, 0.6) is 5.75 Å². The maximum absolute atomic E-state index is 6.03. The molecule has 0 bridgehead atoms. The molecule has 0 aromatic heterocycles. The Bertz CT molecular complexity index is 534. The van der Waals surface area contributed by atoms with Gasteiger partial charge in [-0.25, -0.2) is 0 Å². The van der Waals surface area contributed by atoms with Crippen LogP contribution in [0.25, 0.3) is 0 Å². The number of anilines is 1. The number of hydrogen-bond acceptors (Lipinski definition) is 2. The topological polar surface area (TPSA) is 21.3 Å². The van der Waals surface area contributed by atoms with Gasteiger partial charge in [0.2, 0.25) is 0 Å². The first-order valence-corrected chi connectivity index (χ1v) is 6.73. The maximum atomic E-state index is 6.03. The van der Waals surface area contributed by atoms with Crippen molar-refractivity contribution in [3.63, 3.8) is 0 Å². The fraction of sp³-hybridized carbons (Fsp3) is 0.250. The van der Waals surface area contributed by atoms with Gasteiger partial charge >= 0.3 is 0 Å². The van der Waals surface area contributed by atoms with Gasteiger partial charge in [-0.15, -0.1) is 0 Å². The number of benzene rings is 2. The lowest BCUT2D eigenvalue weighted by molar-refractivity contribution is 0.333. The summed E-state index contributed by atoms with van der Waals surface area (Å²) in [5.74, 6) is 0.729. The summed E-state index contributed by atoms with van der Waals surface area (Å²) in [4.78, 5) is 0. The highest BCUT2D eigenvalue weighted by Crippen LogP contribution is 2.23. The van der Waals surface area contributed by atoms with Crippen molar-refractivity contribution in [2.45, 2.75) is 13.8 Å². The molecule has 2 aromatic carbocycles. The van der Waals surface area contributed by atoms with Crippen LogP contribution in [0.3, 0.4) is 0 Å². The van der Waals surface area contributed by atoms with Gasteiger partial charge < -0.3 is 10.1 Å². The summed E-state index contributed by atoms with van der Waals surface area (Å²) in [6.45, 7) is 5.53. The fourth-order valence-electron chi connectivity index (χ4n) is 1.99. The zero-order valence-corrected chi connectivity index (χ0v) is 12.0. The van der Waals surface area contributed by atoms with Gasteiger partial charge in [-0.1, -0.05) is 41.9 Å². The summed E-state index contributed by atoms with van der Waals surface area (Å²) in [5, 5.41) is 4.05. The molecule has 0 spiro atoms. The van der Waals surface area contributed by atoms with E-state index in [4.69, 9.17) is 16.3 Å². The molecule has 0 atom stereocenters. The zero-order chi connectivity index (χ0) is 13.7. The third-order valence-electron chi connectivity index (χ3n) is 2.98. The van der Waals surface area contributed by atoms with E-state index in [0.29, 0.717) is 11.6 Å². The fourth-order valence-corrected chi connectivity index (χ4v) is 2.18. The van der Waals surface area contributed by atoms with Crippen LogP contribution in [0, 0.1) is 13.8 Å². The smallest absolute Gasteiger partial charge is 0.137 e. The molecule has 0 aliphatic heterocycles. The van der Waals surface area contributed by atoms with Crippen LogP contribution in [0.1, 0.15) is 11.1 Å². The Kier molecular flexibility index (Phi) is 4.69. The SMILES string of the molecule is Cc1cccc(C)c1NCCOc1ccccc1Cl. The number of hydrogen-bond donors (Lipinski definition) is 1. The molecule has 2 nitrogen and oxygen atoms in total. The molecule has 0 fully saturated rings. The molecule has 100 valence electrons. The van der Waals surface area contributed by atoms with E-state index in [9.17, 15) is 0 Å². The van der Waals surface area contributed by atoms with E-state index >= 15 is 0 Å². The van der Waals surface area contributed by atoms with Crippen LogP contribution < -0.4 is 10.1 Å². The Labute approximate surface area is 119 Å². The number of halogens is 1.